The molecule has 0 atom stereocenters. The topological polar surface area (TPSA) is 47.2 Å². The van der Waals surface area contributed by atoms with E-state index in [1.165, 1.54) is 22.0 Å². The van der Waals surface area contributed by atoms with Crippen molar-refractivity contribution >= 4 is 11.3 Å². The van der Waals surface area contributed by atoms with Gasteiger partial charge < -0.3 is 9.47 Å². The van der Waals surface area contributed by atoms with Crippen molar-refractivity contribution in [1.82, 2.24) is 4.57 Å². The fourth-order valence-electron chi connectivity index (χ4n) is 1.79. The maximum Gasteiger partial charge on any atom is 0.586 e. The molecule has 0 unspecified atom stereocenters. The van der Waals surface area contributed by atoms with Crippen LogP contribution in [0.4, 0.5) is 8.78 Å². The van der Waals surface area contributed by atoms with E-state index in [0.717, 1.165) is 4.88 Å². The van der Waals surface area contributed by atoms with Crippen molar-refractivity contribution in [3.05, 3.63) is 34.1 Å². The molecule has 1 aromatic carbocycles. The summed E-state index contributed by atoms with van der Waals surface area (Å²) in [6, 6.07) is 4.59. The van der Waals surface area contributed by atoms with Crippen LogP contribution in [0, 0.1) is 12.3 Å². The van der Waals surface area contributed by atoms with E-state index in [4.69, 9.17) is 5.41 Å². The number of aryl methyl sites for hydroxylation is 1. The van der Waals surface area contributed by atoms with Crippen LogP contribution in [-0.2, 0) is 0 Å². The second-order valence-corrected chi connectivity index (χ2v) is 5.02. The lowest BCUT2D eigenvalue weighted by Gasteiger charge is -2.07. The number of alkyl halides is 2. The summed E-state index contributed by atoms with van der Waals surface area (Å²) >= 11 is 1.26. The Bertz CT molecular complexity index is 678. The molecule has 2 heterocycles. The first-order valence-electron chi connectivity index (χ1n) is 5.09. The SMILES string of the molecule is Cc1cn(-c2cccc3c2OC(F)(F)O3)c(=N)s1. The van der Waals surface area contributed by atoms with Crippen molar-refractivity contribution in [3.8, 4) is 17.2 Å². The standard InChI is InChI=1S/C11H8F2N2O2S/c1-6-5-15(10(14)18-6)7-3-2-4-8-9(7)17-11(12,13)16-8/h2-5,14H,1H3. The van der Waals surface area contributed by atoms with Crippen molar-refractivity contribution < 1.29 is 18.3 Å². The van der Waals surface area contributed by atoms with Crippen LogP contribution in [0.15, 0.2) is 24.4 Å². The predicted octanol–water partition coefficient (Wildman–Crippen LogP) is 2.65. The molecule has 0 fully saturated rings. The zero-order chi connectivity index (χ0) is 12.9. The van der Waals surface area contributed by atoms with Crippen LogP contribution in [0.25, 0.3) is 5.69 Å². The number of rotatable bonds is 1. The highest BCUT2D eigenvalue weighted by Gasteiger charge is 2.44. The number of halogens is 2. The van der Waals surface area contributed by atoms with Crippen molar-refractivity contribution in [1.29, 1.82) is 5.41 Å². The van der Waals surface area contributed by atoms with Crippen molar-refractivity contribution in [2.24, 2.45) is 0 Å². The second-order valence-electron chi connectivity index (χ2n) is 3.79. The van der Waals surface area contributed by atoms with E-state index in [2.05, 4.69) is 9.47 Å². The number of nitrogens with one attached hydrogen (secondary N) is 1. The van der Waals surface area contributed by atoms with Gasteiger partial charge >= 0.3 is 6.29 Å². The largest absolute Gasteiger partial charge is 0.586 e. The first-order chi connectivity index (χ1) is 8.46. The zero-order valence-corrected chi connectivity index (χ0v) is 10.1. The molecule has 0 amide bonds. The monoisotopic (exact) mass is 270 g/mol. The molecule has 94 valence electrons. The molecule has 0 saturated carbocycles. The molecule has 0 bridgehead atoms. The Labute approximate surface area is 105 Å². The van der Waals surface area contributed by atoms with Crippen LogP contribution in [0.5, 0.6) is 11.5 Å². The number of aromatic nitrogens is 1. The van der Waals surface area contributed by atoms with Gasteiger partial charge in [-0.2, -0.15) is 0 Å². The van der Waals surface area contributed by atoms with E-state index in [0.29, 0.717) is 5.69 Å². The lowest BCUT2D eigenvalue weighted by Crippen LogP contribution is -2.26. The van der Waals surface area contributed by atoms with Gasteiger partial charge in [-0.05, 0) is 19.1 Å². The zero-order valence-electron chi connectivity index (χ0n) is 9.24. The Morgan fingerprint density at radius 3 is 2.78 bits per heavy atom. The molecule has 3 rings (SSSR count). The van der Waals surface area contributed by atoms with Gasteiger partial charge in [0.1, 0.15) is 0 Å². The van der Waals surface area contributed by atoms with Gasteiger partial charge in [-0.25, -0.2) is 0 Å². The maximum atomic E-state index is 13.0. The third-order valence-corrected chi connectivity index (χ3v) is 3.27. The molecule has 0 saturated heterocycles. The first kappa shape index (κ1) is 11.2. The minimum absolute atomic E-state index is 0.0201. The Morgan fingerprint density at radius 1 is 1.33 bits per heavy atom. The molecule has 0 aliphatic carbocycles. The number of hydrogen-bond acceptors (Lipinski definition) is 4. The maximum absolute atomic E-state index is 13.0. The Morgan fingerprint density at radius 2 is 2.11 bits per heavy atom. The van der Waals surface area contributed by atoms with Crippen LogP contribution < -0.4 is 14.3 Å². The molecule has 18 heavy (non-hydrogen) atoms. The van der Waals surface area contributed by atoms with E-state index in [1.54, 1.807) is 18.3 Å². The average Bonchev–Trinajstić information content (AvgIpc) is 2.75. The summed E-state index contributed by atoms with van der Waals surface area (Å²) in [7, 11) is 0. The van der Waals surface area contributed by atoms with Gasteiger partial charge in [0.15, 0.2) is 16.3 Å². The van der Waals surface area contributed by atoms with E-state index in [1.807, 2.05) is 6.92 Å². The Kier molecular flexibility index (Phi) is 2.21. The van der Waals surface area contributed by atoms with Crippen LogP contribution in [-0.4, -0.2) is 10.9 Å². The quantitative estimate of drug-likeness (QED) is 0.866. The van der Waals surface area contributed by atoms with Crippen LogP contribution in [0.1, 0.15) is 4.88 Å². The summed E-state index contributed by atoms with van der Waals surface area (Å²) in [5, 5.41) is 7.79. The molecular formula is C11H8F2N2O2S. The van der Waals surface area contributed by atoms with Crippen molar-refractivity contribution in [2.45, 2.75) is 13.2 Å². The summed E-state index contributed by atoms with van der Waals surface area (Å²) < 4.78 is 36.4. The fourth-order valence-corrected chi connectivity index (χ4v) is 2.50. The lowest BCUT2D eigenvalue weighted by molar-refractivity contribution is -0.286. The Balaban J connectivity index is 2.19. The average molecular weight is 270 g/mol. The number of nitrogens with zero attached hydrogens (tertiary/aromatic N) is 1. The number of hydrogen-bond donors (Lipinski definition) is 1. The first-order valence-corrected chi connectivity index (χ1v) is 5.91. The third-order valence-electron chi connectivity index (χ3n) is 2.45. The molecule has 0 spiro atoms. The molecule has 1 aliphatic heterocycles. The molecule has 0 radical (unpaired) electrons. The van der Waals surface area contributed by atoms with Gasteiger partial charge in [-0.15, -0.1) is 20.1 Å². The van der Waals surface area contributed by atoms with Gasteiger partial charge in [0.05, 0.1) is 5.69 Å². The molecule has 1 N–H and O–H groups in total. The number of benzene rings is 1. The molecule has 1 aromatic heterocycles. The van der Waals surface area contributed by atoms with Gasteiger partial charge in [0, 0.05) is 11.1 Å². The van der Waals surface area contributed by atoms with Gasteiger partial charge in [0.2, 0.25) is 0 Å². The van der Waals surface area contributed by atoms with Gasteiger partial charge in [0.25, 0.3) is 0 Å². The molecule has 4 nitrogen and oxygen atoms in total. The number of fused-ring (bicyclic) bond motifs is 1. The summed E-state index contributed by atoms with van der Waals surface area (Å²) in [5.41, 5.74) is 0.374. The highest BCUT2D eigenvalue weighted by Crippen LogP contribution is 2.44. The molecule has 7 heteroatoms. The van der Waals surface area contributed by atoms with E-state index in [9.17, 15) is 8.78 Å². The van der Waals surface area contributed by atoms with Gasteiger partial charge in [-0.3, -0.25) is 9.98 Å². The van der Waals surface area contributed by atoms with Crippen LogP contribution in [0.3, 0.4) is 0 Å². The summed E-state index contributed by atoms with van der Waals surface area (Å²) in [6.07, 6.45) is -1.95. The summed E-state index contributed by atoms with van der Waals surface area (Å²) in [4.78, 5) is 1.14. The van der Waals surface area contributed by atoms with E-state index in [-0.39, 0.29) is 16.3 Å². The highest BCUT2D eigenvalue weighted by molar-refractivity contribution is 7.09. The highest BCUT2D eigenvalue weighted by atomic mass is 32.1. The van der Waals surface area contributed by atoms with E-state index < -0.39 is 6.29 Å². The molecular weight excluding hydrogens is 262 g/mol. The van der Waals surface area contributed by atoms with Crippen LogP contribution >= 0.6 is 11.3 Å². The summed E-state index contributed by atoms with van der Waals surface area (Å²) in [5.74, 6) is -0.0629. The normalized spacial score (nSPS) is 15.9. The molecule has 1 aliphatic rings. The smallest absolute Gasteiger partial charge is 0.395 e. The molecule has 2 aromatic rings. The number of para-hydroxylation sites is 1. The second kappa shape index (κ2) is 3.55. The lowest BCUT2D eigenvalue weighted by atomic mass is 10.2. The van der Waals surface area contributed by atoms with Crippen LogP contribution in [0.2, 0.25) is 0 Å². The summed E-state index contributed by atoms with van der Waals surface area (Å²) in [6.45, 7) is 1.84. The third kappa shape index (κ3) is 1.67. The number of thiazole rings is 1. The number of ether oxygens (including phenoxy) is 2. The predicted molar refractivity (Wildman–Crippen MR) is 60.4 cm³/mol. The Hall–Kier alpha value is -1.89. The van der Waals surface area contributed by atoms with Gasteiger partial charge in [-0.1, -0.05) is 6.07 Å². The van der Waals surface area contributed by atoms with E-state index >= 15 is 0 Å². The minimum Gasteiger partial charge on any atom is -0.395 e. The minimum atomic E-state index is -3.65. The fraction of sp³-hybridized carbons (Fsp3) is 0.182. The van der Waals surface area contributed by atoms with Crippen molar-refractivity contribution in [3.63, 3.8) is 0 Å². The van der Waals surface area contributed by atoms with Crippen molar-refractivity contribution in [2.75, 3.05) is 0 Å².